The van der Waals surface area contributed by atoms with Crippen molar-refractivity contribution in [2.24, 2.45) is 0 Å². The monoisotopic (exact) mass is 554 g/mol. The summed E-state index contributed by atoms with van der Waals surface area (Å²) in [5.74, 6) is -0.725. The molecule has 1 aromatic carbocycles. The Balaban J connectivity index is 1.22. The molecule has 2 bridgehead atoms. The zero-order valence-electron chi connectivity index (χ0n) is 22.0. The lowest BCUT2D eigenvalue weighted by atomic mass is 9.94. The number of quaternary nitrogens is 1. The minimum atomic E-state index is -1.75. The Bertz CT molecular complexity index is 1170. The molecule has 2 unspecified atom stereocenters. The van der Waals surface area contributed by atoms with Crippen molar-refractivity contribution >= 4 is 34.6 Å². The smallest absolute Gasteiger partial charge is 0.349 e. The van der Waals surface area contributed by atoms with Crippen LogP contribution >= 0.6 is 22.7 Å². The van der Waals surface area contributed by atoms with Crippen LogP contribution in [0.3, 0.4) is 0 Å². The summed E-state index contributed by atoms with van der Waals surface area (Å²) in [5.41, 5.74) is 0.787. The third-order valence-corrected chi connectivity index (χ3v) is 10.5. The molecule has 2 aliphatic rings. The van der Waals surface area contributed by atoms with Crippen molar-refractivity contribution < 1.29 is 28.7 Å². The molecule has 202 valence electrons. The third kappa shape index (κ3) is 5.32. The van der Waals surface area contributed by atoms with E-state index in [4.69, 9.17) is 9.47 Å². The van der Waals surface area contributed by atoms with Crippen molar-refractivity contribution in [3.05, 3.63) is 80.2 Å². The predicted molar refractivity (Wildman–Crippen MR) is 149 cm³/mol. The van der Waals surface area contributed by atoms with Gasteiger partial charge in [-0.3, -0.25) is 4.79 Å². The zero-order valence-corrected chi connectivity index (χ0v) is 23.6. The summed E-state index contributed by atoms with van der Waals surface area (Å²) in [5, 5.41) is 15.4. The maximum absolute atomic E-state index is 13.5. The fourth-order valence-corrected chi connectivity index (χ4v) is 8.03. The van der Waals surface area contributed by atoms with Gasteiger partial charge in [-0.2, -0.15) is 0 Å². The molecule has 6 nitrogen and oxygen atoms in total. The number of aryl methyl sites for hydroxylation is 1. The molecule has 2 saturated heterocycles. The summed E-state index contributed by atoms with van der Waals surface area (Å²) >= 11 is 2.74. The summed E-state index contributed by atoms with van der Waals surface area (Å²) in [7, 11) is 3.77. The summed E-state index contributed by atoms with van der Waals surface area (Å²) in [6.07, 6.45) is 5.79. The number of nitrogens with zero attached hydrogens (tertiary/aromatic N) is 1. The van der Waals surface area contributed by atoms with E-state index in [0.29, 0.717) is 28.3 Å². The second kappa shape index (κ2) is 11.3. The van der Waals surface area contributed by atoms with Crippen LogP contribution in [0, 0.1) is 0 Å². The molecule has 8 heteroatoms. The largest absolute Gasteiger partial charge is 0.469 e. The van der Waals surface area contributed by atoms with Crippen LogP contribution in [0.1, 0.15) is 59.4 Å². The maximum atomic E-state index is 13.5. The van der Waals surface area contributed by atoms with Crippen LogP contribution in [0.4, 0.5) is 0 Å². The molecule has 0 amide bonds. The van der Waals surface area contributed by atoms with Gasteiger partial charge in [0, 0.05) is 37.7 Å². The maximum Gasteiger partial charge on any atom is 0.349 e. The lowest BCUT2D eigenvalue weighted by Gasteiger charge is -2.47. The second-order valence-electron chi connectivity index (χ2n) is 10.8. The number of rotatable bonds is 10. The fourth-order valence-electron chi connectivity index (χ4n) is 6.32. The number of piperidine rings is 1. The van der Waals surface area contributed by atoms with Gasteiger partial charge in [0.25, 0.3) is 0 Å². The molecule has 0 aliphatic carbocycles. The Morgan fingerprint density at radius 1 is 0.974 bits per heavy atom. The third-order valence-electron chi connectivity index (χ3n) is 8.52. The molecule has 4 atom stereocenters. The van der Waals surface area contributed by atoms with Gasteiger partial charge in [0.2, 0.25) is 5.60 Å². The molecule has 2 aromatic heterocycles. The fraction of sp³-hybridized carbons (Fsp3) is 0.467. The minimum absolute atomic E-state index is 0.161. The molecule has 2 fully saturated rings. The number of benzene rings is 1. The van der Waals surface area contributed by atoms with Crippen LogP contribution in [0.2, 0.25) is 0 Å². The zero-order chi connectivity index (χ0) is 26.8. The first-order chi connectivity index (χ1) is 18.3. The standard InChI is InChI=1S/C30H36NO5S2/c1-31(20-22-12-10-21(11-13-22)6-3-9-28(32)35-2)23-14-15-24(31)19-25(18-23)36-29(33)30(34,26-7-4-16-37-26)27-8-5-17-38-27/h4-5,7-8,10-13,16-17,23-25,34H,3,6,9,14-15,18-20H2,1-2H3/q+1/t23-,24+,25?,31?. The van der Waals surface area contributed by atoms with Crippen LogP contribution in [0.15, 0.2) is 59.3 Å². The summed E-state index contributed by atoms with van der Waals surface area (Å²) in [6.45, 7) is 0.951. The molecular formula is C30H36NO5S2+. The highest BCUT2D eigenvalue weighted by Crippen LogP contribution is 2.45. The Morgan fingerprint density at radius 2 is 1.55 bits per heavy atom. The van der Waals surface area contributed by atoms with Crippen LogP contribution < -0.4 is 0 Å². The van der Waals surface area contributed by atoms with Crippen molar-refractivity contribution in [1.82, 2.24) is 0 Å². The molecule has 38 heavy (non-hydrogen) atoms. The number of esters is 2. The highest BCUT2D eigenvalue weighted by atomic mass is 32.1. The first-order valence-corrected chi connectivity index (χ1v) is 15.1. The van der Waals surface area contributed by atoms with Gasteiger partial charge < -0.3 is 19.1 Å². The number of ether oxygens (including phenoxy) is 2. The highest BCUT2D eigenvalue weighted by Gasteiger charge is 2.53. The number of carbonyl (C=O) groups excluding carboxylic acids is 2. The average Bonchev–Trinajstić information content (AvgIpc) is 3.67. The number of hydrogen-bond donors (Lipinski definition) is 1. The van der Waals surface area contributed by atoms with E-state index in [1.54, 1.807) is 12.1 Å². The quantitative estimate of drug-likeness (QED) is 0.268. The molecular weight excluding hydrogens is 518 g/mol. The predicted octanol–water partition coefficient (Wildman–Crippen LogP) is 5.42. The number of hydrogen-bond acceptors (Lipinski definition) is 7. The second-order valence-corrected chi connectivity index (χ2v) is 12.7. The normalized spacial score (nSPS) is 24.8. The van der Waals surface area contributed by atoms with Gasteiger partial charge in [0.15, 0.2) is 0 Å². The van der Waals surface area contributed by atoms with Crippen LogP contribution in [0.25, 0.3) is 0 Å². The highest BCUT2D eigenvalue weighted by molar-refractivity contribution is 7.12. The van der Waals surface area contributed by atoms with Gasteiger partial charge in [-0.05, 0) is 41.3 Å². The molecule has 2 aliphatic heterocycles. The first kappa shape index (κ1) is 27.1. The van der Waals surface area contributed by atoms with E-state index in [2.05, 4.69) is 31.3 Å². The van der Waals surface area contributed by atoms with E-state index in [0.717, 1.165) is 49.6 Å². The van der Waals surface area contributed by atoms with Crippen molar-refractivity contribution in [2.75, 3.05) is 14.2 Å². The lowest BCUT2D eigenvalue weighted by molar-refractivity contribution is -0.961. The number of thiophene rings is 2. The molecule has 4 heterocycles. The summed E-state index contributed by atoms with van der Waals surface area (Å²) in [6, 6.07) is 16.9. The SMILES string of the molecule is COC(=O)CCCc1ccc(C[N+]2(C)[C@@H]3CC[C@H]2CC(OC(=O)C(O)(c2cccs2)c2cccs2)C3)cc1. The Kier molecular flexibility index (Phi) is 8.05. The van der Waals surface area contributed by atoms with Crippen molar-refractivity contribution in [1.29, 1.82) is 0 Å². The van der Waals surface area contributed by atoms with Gasteiger partial charge in [-0.1, -0.05) is 36.4 Å². The van der Waals surface area contributed by atoms with Crippen LogP contribution in [0.5, 0.6) is 0 Å². The topological polar surface area (TPSA) is 72.8 Å². The van der Waals surface area contributed by atoms with Crippen molar-refractivity contribution in [3.63, 3.8) is 0 Å². The molecule has 3 aromatic rings. The molecule has 1 N–H and O–H groups in total. The molecule has 5 rings (SSSR count). The Hall–Kier alpha value is -2.52. The first-order valence-electron chi connectivity index (χ1n) is 13.3. The number of carbonyl (C=O) groups is 2. The van der Waals surface area contributed by atoms with Gasteiger partial charge in [-0.25, -0.2) is 4.79 Å². The molecule has 0 saturated carbocycles. The van der Waals surface area contributed by atoms with Gasteiger partial charge in [-0.15, -0.1) is 22.7 Å². The van der Waals surface area contributed by atoms with Gasteiger partial charge >= 0.3 is 11.9 Å². The van der Waals surface area contributed by atoms with Crippen molar-refractivity contribution in [2.45, 2.75) is 75.3 Å². The minimum Gasteiger partial charge on any atom is -0.469 e. The number of fused-ring (bicyclic) bond motifs is 2. The van der Waals surface area contributed by atoms with E-state index in [-0.39, 0.29) is 12.1 Å². The average molecular weight is 555 g/mol. The Labute approximate surface area is 232 Å². The van der Waals surface area contributed by atoms with E-state index in [1.165, 1.54) is 40.9 Å². The Morgan fingerprint density at radius 3 is 2.08 bits per heavy atom. The van der Waals surface area contributed by atoms with Gasteiger partial charge in [0.05, 0.1) is 36.0 Å². The summed E-state index contributed by atoms with van der Waals surface area (Å²) in [4.78, 5) is 26.0. The molecule has 0 radical (unpaired) electrons. The van der Waals surface area contributed by atoms with E-state index in [9.17, 15) is 14.7 Å². The van der Waals surface area contributed by atoms with Crippen LogP contribution in [-0.4, -0.2) is 53.9 Å². The number of methoxy groups -OCH3 is 1. The van der Waals surface area contributed by atoms with Crippen LogP contribution in [-0.2, 0) is 37.6 Å². The lowest BCUT2D eigenvalue weighted by Crippen LogP contribution is -2.58. The summed E-state index contributed by atoms with van der Waals surface area (Å²) < 4.78 is 11.8. The van der Waals surface area contributed by atoms with E-state index < -0.39 is 11.6 Å². The van der Waals surface area contributed by atoms with E-state index >= 15 is 0 Å². The number of aliphatic hydroxyl groups is 1. The molecule has 0 spiro atoms. The van der Waals surface area contributed by atoms with Crippen molar-refractivity contribution in [3.8, 4) is 0 Å². The van der Waals surface area contributed by atoms with Gasteiger partial charge in [0.1, 0.15) is 12.6 Å². The van der Waals surface area contributed by atoms with E-state index in [1.807, 2.05) is 22.9 Å².